The zero-order chi connectivity index (χ0) is 18.4. The Morgan fingerprint density at radius 3 is 2.31 bits per heavy atom. The lowest BCUT2D eigenvalue weighted by atomic mass is 10.2. The molecule has 130 valence electrons. The number of amides is 1. The first kappa shape index (κ1) is 17.1. The van der Waals surface area contributed by atoms with E-state index in [2.05, 4.69) is 4.98 Å². The summed E-state index contributed by atoms with van der Waals surface area (Å²) >= 11 is 0. The highest BCUT2D eigenvalue weighted by Gasteiger charge is 2.17. The minimum absolute atomic E-state index is 0.142. The van der Waals surface area contributed by atoms with E-state index in [9.17, 15) is 9.59 Å². The first-order chi connectivity index (χ1) is 12.7. The number of nitrogen functional groups attached to an aromatic ring is 1. The number of esters is 1. The molecular formula is C19H15N3O4. The fourth-order valence-electron chi connectivity index (χ4n) is 2.15. The van der Waals surface area contributed by atoms with E-state index >= 15 is 0 Å². The Balaban J connectivity index is 1.77. The molecule has 0 radical (unpaired) electrons. The number of aromatic nitrogens is 1. The fourth-order valence-corrected chi connectivity index (χ4v) is 2.15. The van der Waals surface area contributed by atoms with Gasteiger partial charge in [-0.15, -0.1) is 0 Å². The molecular weight excluding hydrogens is 334 g/mol. The number of benzene rings is 2. The van der Waals surface area contributed by atoms with Crippen LogP contribution >= 0.6 is 0 Å². The second-order valence-electron chi connectivity index (χ2n) is 5.16. The predicted molar refractivity (Wildman–Crippen MR) is 93.8 cm³/mol. The molecule has 0 atom stereocenters. The van der Waals surface area contributed by atoms with E-state index < -0.39 is 11.9 Å². The van der Waals surface area contributed by atoms with Crippen molar-refractivity contribution in [3.63, 3.8) is 0 Å². The van der Waals surface area contributed by atoms with E-state index in [-0.39, 0.29) is 17.2 Å². The lowest BCUT2D eigenvalue weighted by Gasteiger charge is -2.10. The minimum atomic E-state index is -0.625. The fraction of sp³-hybridized carbons (Fsp3) is 0. The second-order valence-corrected chi connectivity index (χ2v) is 5.16. The molecule has 0 saturated heterocycles. The third-order valence-corrected chi connectivity index (χ3v) is 3.41. The van der Waals surface area contributed by atoms with Crippen molar-refractivity contribution in [2.75, 3.05) is 0 Å². The number of hydrogen-bond donors (Lipinski definition) is 2. The van der Waals surface area contributed by atoms with E-state index in [0.717, 1.165) is 0 Å². The van der Waals surface area contributed by atoms with Gasteiger partial charge in [-0.2, -0.15) is 0 Å². The molecule has 0 spiro atoms. The molecule has 1 amide bonds. The molecule has 26 heavy (non-hydrogen) atoms. The Hall–Kier alpha value is -3.71. The van der Waals surface area contributed by atoms with Crippen LogP contribution in [0.1, 0.15) is 20.7 Å². The Labute approximate surface area is 149 Å². The molecule has 3 rings (SSSR count). The van der Waals surface area contributed by atoms with Gasteiger partial charge in [0, 0.05) is 11.8 Å². The van der Waals surface area contributed by atoms with Gasteiger partial charge < -0.3 is 9.47 Å². The Morgan fingerprint density at radius 2 is 1.62 bits per heavy atom. The van der Waals surface area contributed by atoms with Crippen LogP contribution in [0.2, 0.25) is 0 Å². The summed E-state index contributed by atoms with van der Waals surface area (Å²) in [6.07, 6.45) is 1.52. The molecule has 1 aromatic heterocycles. The summed E-state index contributed by atoms with van der Waals surface area (Å²) in [5, 5.41) is 0. The normalized spacial score (nSPS) is 10.0. The molecule has 3 N–H and O–H groups in total. The molecule has 2 aromatic carbocycles. The van der Waals surface area contributed by atoms with Crippen LogP contribution in [0.15, 0.2) is 72.9 Å². The van der Waals surface area contributed by atoms with Crippen LogP contribution in [-0.4, -0.2) is 16.9 Å². The van der Waals surface area contributed by atoms with Crippen molar-refractivity contribution >= 4 is 11.9 Å². The largest absolute Gasteiger partial charge is 0.438 e. The number of rotatable bonds is 5. The lowest BCUT2D eigenvalue weighted by molar-refractivity contribution is 0.0731. The number of nitrogens with one attached hydrogen (secondary N) is 1. The van der Waals surface area contributed by atoms with Gasteiger partial charge in [0.2, 0.25) is 5.88 Å². The van der Waals surface area contributed by atoms with Crippen LogP contribution in [0, 0.1) is 0 Å². The van der Waals surface area contributed by atoms with Gasteiger partial charge in [-0.1, -0.05) is 18.2 Å². The Bertz CT molecular complexity index is 912. The van der Waals surface area contributed by atoms with E-state index in [4.69, 9.17) is 15.3 Å². The quantitative estimate of drug-likeness (QED) is 0.241. The molecule has 3 aromatic rings. The van der Waals surface area contributed by atoms with Crippen molar-refractivity contribution in [2.24, 2.45) is 5.84 Å². The van der Waals surface area contributed by atoms with Crippen molar-refractivity contribution in [2.45, 2.75) is 0 Å². The van der Waals surface area contributed by atoms with Gasteiger partial charge in [0.25, 0.3) is 5.91 Å². The number of pyridine rings is 1. The maximum atomic E-state index is 12.5. The first-order valence-corrected chi connectivity index (χ1v) is 7.68. The van der Waals surface area contributed by atoms with Crippen molar-refractivity contribution in [3.05, 3.63) is 84.1 Å². The maximum Gasteiger partial charge on any atom is 0.349 e. The summed E-state index contributed by atoms with van der Waals surface area (Å²) in [4.78, 5) is 28.0. The molecule has 0 bridgehead atoms. The van der Waals surface area contributed by atoms with Crippen molar-refractivity contribution in [3.8, 4) is 17.4 Å². The van der Waals surface area contributed by atoms with Gasteiger partial charge in [0.15, 0.2) is 0 Å². The van der Waals surface area contributed by atoms with E-state index in [1.807, 2.05) is 23.6 Å². The van der Waals surface area contributed by atoms with Crippen molar-refractivity contribution in [1.82, 2.24) is 10.4 Å². The number of nitrogens with zero attached hydrogens (tertiary/aromatic N) is 1. The molecule has 7 nitrogen and oxygen atoms in total. The van der Waals surface area contributed by atoms with E-state index in [0.29, 0.717) is 11.3 Å². The molecule has 1 heterocycles. The van der Waals surface area contributed by atoms with Crippen LogP contribution < -0.4 is 20.7 Å². The van der Waals surface area contributed by atoms with Gasteiger partial charge in [0.1, 0.15) is 17.1 Å². The van der Waals surface area contributed by atoms with Crippen LogP contribution in [0.25, 0.3) is 0 Å². The molecule has 0 fully saturated rings. The summed E-state index contributed by atoms with van der Waals surface area (Å²) in [6.45, 7) is 0. The zero-order valence-electron chi connectivity index (χ0n) is 13.6. The number of hydrazine groups is 1. The SMILES string of the molecule is NNC(=O)c1ccc(OC(=O)c2cccnc2Oc2ccccc2)cc1. The van der Waals surface area contributed by atoms with Gasteiger partial charge in [-0.3, -0.25) is 10.2 Å². The monoisotopic (exact) mass is 349 g/mol. The van der Waals surface area contributed by atoms with Crippen LogP contribution in [0.5, 0.6) is 17.4 Å². The smallest absolute Gasteiger partial charge is 0.349 e. The van der Waals surface area contributed by atoms with Crippen molar-refractivity contribution in [1.29, 1.82) is 0 Å². The van der Waals surface area contributed by atoms with Crippen LogP contribution in [-0.2, 0) is 0 Å². The topological polar surface area (TPSA) is 104 Å². The van der Waals surface area contributed by atoms with Crippen LogP contribution in [0.3, 0.4) is 0 Å². The number of hydrogen-bond acceptors (Lipinski definition) is 6. The van der Waals surface area contributed by atoms with E-state index in [1.54, 1.807) is 24.3 Å². The van der Waals surface area contributed by atoms with Gasteiger partial charge >= 0.3 is 5.97 Å². The summed E-state index contributed by atoms with van der Waals surface area (Å²) in [5.74, 6) is 4.98. The highest BCUT2D eigenvalue weighted by atomic mass is 16.5. The highest BCUT2D eigenvalue weighted by Crippen LogP contribution is 2.24. The minimum Gasteiger partial charge on any atom is -0.438 e. The molecule has 0 aliphatic heterocycles. The summed E-state index contributed by atoms with van der Waals surface area (Å²) < 4.78 is 11.0. The molecule has 0 aliphatic carbocycles. The zero-order valence-corrected chi connectivity index (χ0v) is 13.6. The summed E-state index contributed by atoms with van der Waals surface area (Å²) in [6, 6.07) is 18.2. The third kappa shape index (κ3) is 4.03. The number of nitrogens with two attached hydrogens (primary N) is 1. The molecule has 0 unspecified atom stereocenters. The number of para-hydroxylation sites is 1. The third-order valence-electron chi connectivity index (χ3n) is 3.41. The van der Waals surface area contributed by atoms with Gasteiger partial charge in [0.05, 0.1) is 0 Å². The number of ether oxygens (including phenoxy) is 2. The summed E-state index contributed by atoms with van der Waals surface area (Å²) in [7, 11) is 0. The Kier molecular flexibility index (Phi) is 5.21. The van der Waals surface area contributed by atoms with Gasteiger partial charge in [-0.25, -0.2) is 15.6 Å². The predicted octanol–water partition coefficient (Wildman–Crippen LogP) is 2.70. The highest BCUT2D eigenvalue weighted by molar-refractivity contribution is 5.95. The average molecular weight is 349 g/mol. The number of carbonyl (C=O) groups excluding carboxylic acids is 2. The second kappa shape index (κ2) is 7.91. The van der Waals surface area contributed by atoms with E-state index in [1.165, 1.54) is 30.5 Å². The molecule has 0 aliphatic rings. The lowest BCUT2D eigenvalue weighted by Crippen LogP contribution is -2.29. The van der Waals surface area contributed by atoms with Crippen molar-refractivity contribution < 1.29 is 19.1 Å². The standard InChI is InChI=1S/C19H15N3O4/c20-22-17(23)13-8-10-15(11-9-13)26-19(24)16-7-4-12-21-18(16)25-14-5-2-1-3-6-14/h1-12H,20H2,(H,22,23). The average Bonchev–Trinajstić information content (AvgIpc) is 2.69. The Morgan fingerprint density at radius 1 is 0.885 bits per heavy atom. The molecule has 0 saturated carbocycles. The van der Waals surface area contributed by atoms with Crippen LogP contribution in [0.4, 0.5) is 0 Å². The van der Waals surface area contributed by atoms with Gasteiger partial charge in [-0.05, 0) is 48.5 Å². The number of carbonyl (C=O) groups is 2. The first-order valence-electron chi connectivity index (χ1n) is 7.68. The summed E-state index contributed by atoms with van der Waals surface area (Å²) in [5.41, 5.74) is 2.56. The maximum absolute atomic E-state index is 12.5. The molecule has 7 heteroatoms.